The summed E-state index contributed by atoms with van der Waals surface area (Å²) in [7, 11) is 0. The van der Waals surface area contributed by atoms with Crippen molar-refractivity contribution in [1.82, 2.24) is 14.1 Å². The number of para-hydroxylation sites is 2. The van der Waals surface area contributed by atoms with Gasteiger partial charge in [-0.15, -0.1) is 11.3 Å². The highest BCUT2D eigenvalue weighted by molar-refractivity contribution is 7.25. The standard InChI is InChI=1S/C59H37N3S/c1-3-15-38(16-4-1)40-19-13-21-43(33-40)52-36-44(42-29-32-56-51(35-42)48-25-9-12-28-55(48)63-56)37-57(60-52)62-54-27-11-8-24-47(54)50-31-30-49-46-23-7-10-26-53(46)61(58(49)59(50)62)45-22-14-20-41(34-45)39-17-5-2-6-18-39/h1-12,15-19,22-37H,14,20H2. The van der Waals surface area contributed by atoms with Crippen LogP contribution in [-0.4, -0.2) is 14.1 Å². The third-order valence-electron chi connectivity index (χ3n) is 12.8. The molecule has 63 heavy (non-hydrogen) atoms. The lowest BCUT2D eigenvalue weighted by Crippen LogP contribution is -2.03. The highest BCUT2D eigenvalue weighted by Gasteiger charge is 2.24. The second-order valence-corrected chi connectivity index (χ2v) is 17.6. The van der Waals surface area contributed by atoms with E-state index >= 15 is 0 Å². The van der Waals surface area contributed by atoms with Crippen LogP contribution in [-0.2, 0) is 0 Å². The quantitative estimate of drug-likeness (QED) is 0.164. The molecular weight excluding hydrogens is 783 g/mol. The van der Waals surface area contributed by atoms with Crippen LogP contribution in [0.4, 0.5) is 0 Å². The van der Waals surface area contributed by atoms with E-state index in [9.17, 15) is 0 Å². The molecule has 4 aromatic heterocycles. The zero-order chi connectivity index (χ0) is 41.4. The summed E-state index contributed by atoms with van der Waals surface area (Å²) in [4.78, 5) is 5.64. The predicted octanol–water partition coefficient (Wildman–Crippen LogP) is 16.0. The molecule has 0 bridgehead atoms. The third-order valence-corrected chi connectivity index (χ3v) is 14.0. The molecule has 0 amide bonds. The molecule has 0 unspecified atom stereocenters. The van der Waals surface area contributed by atoms with Crippen molar-refractivity contribution < 1.29 is 0 Å². The highest BCUT2D eigenvalue weighted by atomic mass is 32.1. The van der Waals surface area contributed by atoms with Crippen LogP contribution in [0.5, 0.6) is 0 Å². The van der Waals surface area contributed by atoms with Crippen molar-refractivity contribution in [1.29, 1.82) is 0 Å². The van der Waals surface area contributed by atoms with Gasteiger partial charge in [0.2, 0.25) is 0 Å². The Kier molecular flexibility index (Phi) is 8.12. The Balaban J connectivity index is 1.12. The van der Waals surface area contributed by atoms with Gasteiger partial charge in [-0.3, -0.25) is 4.57 Å². The van der Waals surface area contributed by atoms with Crippen LogP contribution in [0.25, 0.3) is 114 Å². The summed E-state index contributed by atoms with van der Waals surface area (Å²) in [6.07, 6.45) is 6.79. The second kappa shape index (κ2) is 14.3. The number of thiophene rings is 1. The van der Waals surface area contributed by atoms with E-state index in [1.807, 2.05) is 17.4 Å². The van der Waals surface area contributed by atoms with Gasteiger partial charge in [-0.1, -0.05) is 152 Å². The van der Waals surface area contributed by atoms with Crippen molar-refractivity contribution in [3.8, 4) is 39.3 Å². The van der Waals surface area contributed by atoms with E-state index in [0.29, 0.717) is 0 Å². The molecule has 4 heteroatoms. The Morgan fingerprint density at radius 1 is 0.476 bits per heavy atom. The van der Waals surface area contributed by atoms with E-state index in [2.05, 4.69) is 215 Å². The molecule has 1 aliphatic rings. The SMILES string of the molecule is c1cc(-c2ccccc2)cc(-c2cc(-c3ccc4sc5ccccc5c4c3)cc(-n3c4ccccc4c4ccc5c6ccccc6n(C6=CCCC(c7ccccc7)=C6)c5c43)n2)c#1. The van der Waals surface area contributed by atoms with Crippen LogP contribution in [0.3, 0.4) is 0 Å². The first-order valence-corrected chi connectivity index (χ1v) is 22.4. The van der Waals surface area contributed by atoms with Gasteiger partial charge in [-0.25, -0.2) is 4.98 Å². The normalized spacial score (nSPS) is 13.0. The Bertz CT molecular complexity index is 3840. The summed E-state index contributed by atoms with van der Waals surface area (Å²) in [5.41, 5.74) is 14.6. The van der Waals surface area contributed by atoms with Crippen LogP contribution in [0, 0.1) is 12.1 Å². The molecule has 0 aliphatic heterocycles. The molecule has 8 aromatic carbocycles. The molecule has 0 atom stereocenters. The van der Waals surface area contributed by atoms with Crippen LogP contribution in [0.2, 0.25) is 0 Å². The molecule has 4 heterocycles. The molecule has 0 radical (unpaired) electrons. The summed E-state index contributed by atoms with van der Waals surface area (Å²) in [6, 6.07) is 74.9. The lowest BCUT2D eigenvalue weighted by Gasteiger charge is -2.18. The lowest BCUT2D eigenvalue weighted by molar-refractivity contribution is 1.03. The molecule has 0 spiro atoms. The monoisotopic (exact) mass is 819 g/mol. The van der Waals surface area contributed by atoms with E-state index in [1.54, 1.807) is 0 Å². The average Bonchev–Trinajstić information content (AvgIpc) is 4.02. The number of fused-ring (bicyclic) bond motifs is 10. The largest absolute Gasteiger partial charge is 0.307 e. The van der Waals surface area contributed by atoms with Crippen molar-refractivity contribution in [3.05, 3.63) is 218 Å². The number of benzene rings is 7. The maximum Gasteiger partial charge on any atom is 0.139 e. The number of nitrogens with zero attached hydrogens (tertiary/aromatic N) is 3. The molecule has 0 saturated heterocycles. The predicted molar refractivity (Wildman–Crippen MR) is 266 cm³/mol. The van der Waals surface area contributed by atoms with Crippen LogP contribution >= 0.6 is 11.3 Å². The van der Waals surface area contributed by atoms with Crippen molar-refractivity contribution in [2.45, 2.75) is 12.8 Å². The number of hydrogen-bond donors (Lipinski definition) is 0. The van der Waals surface area contributed by atoms with Crippen molar-refractivity contribution >= 4 is 86.4 Å². The van der Waals surface area contributed by atoms with Crippen LogP contribution in [0.1, 0.15) is 18.4 Å². The number of rotatable bonds is 6. The highest BCUT2D eigenvalue weighted by Crippen LogP contribution is 2.44. The van der Waals surface area contributed by atoms with Gasteiger partial charge in [0, 0.05) is 47.4 Å². The average molecular weight is 820 g/mol. The zero-order valence-corrected chi connectivity index (χ0v) is 35.0. The lowest BCUT2D eigenvalue weighted by atomic mass is 9.96. The third kappa shape index (κ3) is 5.78. The van der Waals surface area contributed by atoms with Gasteiger partial charge >= 0.3 is 0 Å². The van der Waals surface area contributed by atoms with E-state index in [-0.39, 0.29) is 0 Å². The molecule has 3 nitrogen and oxygen atoms in total. The molecule has 0 saturated carbocycles. The first-order chi connectivity index (χ1) is 31.2. The van der Waals surface area contributed by atoms with Gasteiger partial charge in [-0.2, -0.15) is 0 Å². The van der Waals surface area contributed by atoms with Crippen LogP contribution in [0.15, 0.2) is 200 Å². The van der Waals surface area contributed by atoms with Gasteiger partial charge in [0.1, 0.15) is 5.82 Å². The van der Waals surface area contributed by atoms with Crippen molar-refractivity contribution in [3.63, 3.8) is 0 Å². The Morgan fingerprint density at radius 3 is 1.90 bits per heavy atom. The zero-order valence-electron chi connectivity index (χ0n) is 34.2. The van der Waals surface area contributed by atoms with Gasteiger partial charge < -0.3 is 4.57 Å². The summed E-state index contributed by atoms with van der Waals surface area (Å²) in [6.45, 7) is 0. The first kappa shape index (κ1) is 35.8. The minimum absolute atomic E-state index is 0.843. The number of hydrogen-bond acceptors (Lipinski definition) is 2. The maximum atomic E-state index is 5.64. The molecule has 0 N–H and O–H groups in total. The first-order valence-electron chi connectivity index (χ1n) is 21.6. The minimum atomic E-state index is 0.843. The molecule has 1 aliphatic carbocycles. The molecule has 0 fully saturated rings. The molecule has 13 rings (SSSR count). The van der Waals surface area contributed by atoms with E-state index in [4.69, 9.17) is 4.98 Å². The number of allylic oxidation sites excluding steroid dienone is 4. The fourth-order valence-electron chi connectivity index (χ4n) is 9.93. The van der Waals surface area contributed by atoms with E-state index in [0.717, 1.165) is 63.2 Å². The topological polar surface area (TPSA) is 22.8 Å². The number of pyridine rings is 1. The summed E-state index contributed by atoms with van der Waals surface area (Å²) in [5, 5.41) is 7.38. The Hall–Kier alpha value is -7.97. The Labute approximate surface area is 368 Å². The van der Waals surface area contributed by atoms with Crippen molar-refractivity contribution in [2.75, 3.05) is 0 Å². The van der Waals surface area contributed by atoms with E-state index in [1.165, 1.54) is 69.6 Å². The van der Waals surface area contributed by atoms with Crippen LogP contribution < -0.4 is 0 Å². The molecule has 12 aromatic rings. The summed E-state index contributed by atoms with van der Waals surface area (Å²) in [5.74, 6) is 0.852. The van der Waals surface area contributed by atoms with E-state index < -0.39 is 0 Å². The van der Waals surface area contributed by atoms with Gasteiger partial charge in [0.25, 0.3) is 0 Å². The minimum Gasteiger partial charge on any atom is -0.307 e. The van der Waals surface area contributed by atoms with Gasteiger partial charge in [0.05, 0.1) is 33.3 Å². The van der Waals surface area contributed by atoms with Crippen molar-refractivity contribution in [2.24, 2.45) is 0 Å². The van der Waals surface area contributed by atoms with Gasteiger partial charge in [-0.05, 0) is 107 Å². The number of aromatic nitrogens is 3. The molecular formula is C59H37N3S. The summed E-state index contributed by atoms with van der Waals surface area (Å²) < 4.78 is 7.51. The smallest absolute Gasteiger partial charge is 0.139 e. The Morgan fingerprint density at radius 2 is 1.13 bits per heavy atom. The summed E-state index contributed by atoms with van der Waals surface area (Å²) >= 11 is 1.85. The fraction of sp³-hybridized carbons (Fsp3) is 0.0339. The second-order valence-electron chi connectivity index (χ2n) is 16.5. The maximum absolute atomic E-state index is 5.64. The fourth-order valence-corrected chi connectivity index (χ4v) is 11.0. The molecule has 294 valence electrons. The van der Waals surface area contributed by atoms with Gasteiger partial charge in [0.15, 0.2) is 0 Å².